The van der Waals surface area contributed by atoms with Crippen molar-refractivity contribution in [1.29, 1.82) is 0 Å². The van der Waals surface area contributed by atoms with Crippen LogP contribution in [0, 0.1) is 0 Å². The van der Waals surface area contributed by atoms with Gasteiger partial charge in [-0.1, -0.05) is 55.8 Å². The first kappa shape index (κ1) is 18.5. The molecule has 0 N–H and O–H groups in total. The van der Waals surface area contributed by atoms with Gasteiger partial charge in [0.05, 0.1) is 11.3 Å². The largest absolute Gasteiger partial charge is 0.475 e. The van der Waals surface area contributed by atoms with Gasteiger partial charge in [-0.05, 0) is 42.9 Å². The summed E-state index contributed by atoms with van der Waals surface area (Å²) >= 11 is 6.00. The molecule has 0 fully saturated rings. The fraction of sp³-hybridized carbons (Fsp3) is 0.286. The van der Waals surface area contributed by atoms with E-state index in [-0.39, 0.29) is 0 Å². The maximum atomic E-state index is 6.05. The number of rotatable bonds is 8. The van der Waals surface area contributed by atoms with E-state index in [0.717, 1.165) is 36.4 Å². The molecule has 0 aliphatic rings. The Balaban J connectivity index is 1.87. The van der Waals surface area contributed by atoms with Crippen molar-refractivity contribution < 1.29 is 4.74 Å². The Kier molecular flexibility index (Phi) is 6.31. The molecule has 3 aromatic rings. The van der Waals surface area contributed by atoms with Crippen molar-refractivity contribution in [3.05, 3.63) is 65.8 Å². The molecule has 0 amide bonds. The average Bonchev–Trinajstić information content (AvgIpc) is 3.11. The Morgan fingerprint density at radius 1 is 1.00 bits per heavy atom. The van der Waals surface area contributed by atoms with Gasteiger partial charge >= 0.3 is 0 Å². The molecule has 0 aliphatic carbocycles. The molecule has 0 saturated heterocycles. The molecule has 5 heteroatoms. The summed E-state index contributed by atoms with van der Waals surface area (Å²) < 4.78 is 7.89. The minimum Gasteiger partial charge on any atom is -0.475 e. The third kappa shape index (κ3) is 4.45. The lowest BCUT2D eigenvalue weighted by Crippen LogP contribution is -2.28. The number of likely N-dealkylation sites (N-methyl/N-ethyl adjacent to an activating group) is 1. The van der Waals surface area contributed by atoms with Crippen LogP contribution in [0.2, 0.25) is 5.02 Å². The molecule has 136 valence electrons. The number of halogens is 1. The van der Waals surface area contributed by atoms with Gasteiger partial charge in [0.2, 0.25) is 5.88 Å². The Labute approximate surface area is 160 Å². The highest BCUT2D eigenvalue weighted by atomic mass is 35.5. The highest BCUT2D eigenvalue weighted by molar-refractivity contribution is 6.30. The first-order valence-corrected chi connectivity index (χ1v) is 9.35. The van der Waals surface area contributed by atoms with Crippen LogP contribution in [0.1, 0.15) is 13.8 Å². The number of nitrogens with zero attached hydrogens (tertiary/aromatic N) is 3. The minimum absolute atomic E-state index is 0.610. The maximum absolute atomic E-state index is 6.05. The SMILES string of the molecule is CCN(CC)CCOc1nn(-c2ccc(Cl)cc2)cc1-c1ccccc1. The maximum Gasteiger partial charge on any atom is 0.241 e. The molecule has 0 saturated carbocycles. The number of ether oxygens (including phenoxy) is 1. The number of hydrogen-bond acceptors (Lipinski definition) is 3. The van der Waals surface area contributed by atoms with Crippen molar-refractivity contribution in [3.8, 4) is 22.7 Å². The second-order valence-electron chi connectivity index (χ2n) is 6.01. The minimum atomic E-state index is 0.610. The van der Waals surface area contributed by atoms with Crippen molar-refractivity contribution in [2.45, 2.75) is 13.8 Å². The lowest BCUT2D eigenvalue weighted by atomic mass is 10.1. The van der Waals surface area contributed by atoms with E-state index >= 15 is 0 Å². The van der Waals surface area contributed by atoms with Crippen LogP contribution in [-0.2, 0) is 0 Å². The van der Waals surface area contributed by atoms with Gasteiger partial charge in [0.1, 0.15) is 6.61 Å². The lowest BCUT2D eigenvalue weighted by Gasteiger charge is -2.17. The van der Waals surface area contributed by atoms with Gasteiger partial charge in [0.25, 0.3) is 0 Å². The van der Waals surface area contributed by atoms with Gasteiger partial charge in [-0.3, -0.25) is 0 Å². The van der Waals surface area contributed by atoms with Crippen molar-refractivity contribution in [2.24, 2.45) is 0 Å². The Bertz CT molecular complexity index is 811. The summed E-state index contributed by atoms with van der Waals surface area (Å²) in [4.78, 5) is 2.33. The zero-order valence-electron chi connectivity index (χ0n) is 15.2. The van der Waals surface area contributed by atoms with E-state index in [0.29, 0.717) is 17.5 Å². The van der Waals surface area contributed by atoms with E-state index < -0.39 is 0 Å². The van der Waals surface area contributed by atoms with Crippen LogP contribution in [0.3, 0.4) is 0 Å². The van der Waals surface area contributed by atoms with Crippen molar-refractivity contribution in [2.75, 3.05) is 26.2 Å². The quantitative estimate of drug-likeness (QED) is 0.565. The normalized spacial score (nSPS) is 11.1. The second kappa shape index (κ2) is 8.88. The van der Waals surface area contributed by atoms with Crippen LogP contribution < -0.4 is 4.74 Å². The predicted octanol–water partition coefficient (Wildman–Crippen LogP) is 4.91. The van der Waals surface area contributed by atoms with E-state index in [2.05, 4.69) is 36.0 Å². The van der Waals surface area contributed by atoms with Crippen molar-refractivity contribution in [3.63, 3.8) is 0 Å². The summed E-state index contributed by atoms with van der Waals surface area (Å²) in [5.74, 6) is 0.651. The molecule has 0 radical (unpaired) electrons. The standard InChI is InChI=1S/C21H24ClN3O/c1-3-24(4-2)14-15-26-21-20(17-8-6-5-7-9-17)16-25(23-21)19-12-10-18(22)11-13-19/h5-13,16H,3-4,14-15H2,1-2H3. The summed E-state index contributed by atoms with van der Waals surface area (Å²) in [6.45, 7) is 7.85. The summed E-state index contributed by atoms with van der Waals surface area (Å²) in [7, 11) is 0. The van der Waals surface area contributed by atoms with Crippen molar-refractivity contribution >= 4 is 11.6 Å². The fourth-order valence-corrected chi connectivity index (χ4v) is 2.94. The molecule has 1 heterocycles. The van der Waals surface area contributed by atoms with Gasteiger partial charge in [0.15, 0.2) is 0 Å². The van der Waals surface area contributed by atoms with E-state index in [4.69, 9.17) is 16.3 Å². The summed E-state index contributed by atoms with van der Waals surface area (Å²) in [6, 6.07) is 17.8. The summed E-state index contributed by atoms with van der Waals surface area (Å²) in [5, 5.41) is 5.38. The summed E-state index contributed by atoms with van der Waals surface area (Å²) in [6.07, 6.45) is 2.01. The number of aromatic nitrogens is 2. The molecule has 0 spiro atoms. The highest BCUT2D eigenvalue weighted by Gasteiger charge is 2.14. The van der Waals surface area contributed by atoms with E-state index in [1.807, 2.05) is 53.3 Å². The summed E-state index contributed by atoms with van der Waals surface area (Å²) in [5.41, 5.74) is 3.02. The molecule has 26 heavy (non-hydrogen) atoms. The van der Waals surface area contributed by atoms with Crippen molar-refractivity contribution in [1.82, 2.24) is 14.7 Å². The first-order valence-electron chi connectivity index (χ1n) is 8.97. The molecule has 0 bridgehead atoms. The second-order valence-corrected chi connectivity index (χ2v) is 6.45. The van der Waals surface area contributed by atoms with Crippen LogP contribution in [0.5, 0.6) is 5.88 Å². The molecule has 4 nitrogen and oxygen atoms in total. The van der Waals surface area contributed by atoms with Gasteiger partial charge in [-0.25, -0.2) is 4.68 Å². The zero-order chi connectivity index (χ0) is 18.4. The van der Waals surface area contributed by atoms with E-state index in [1.165, 1.54) is 0 Å². The lowest BCUT2D eigenvalue weighted by molar-refractivity contribution is 0.218. The molecular formula is C21H24ClN3O. The molecule has 0 atom stereocenters. The average molecular weight is 370 g/mol. The zero-order valence-corrected chi connectivity index (χ0v) is 16.0. The van der Waals surface area contributed by atoms with Crippen LogP contribution in [0.25, 0.3) is 16.8 Å². The monoisotopic (exact) mass is 369 g/mol. The molecule has 0 unspecified atom stereocenters. The van der Waals surface area contributed by atoms with Crippen LogP contribution >= 0.6 is 11.6 Å². The Hall–Kier alpha value is -2.30. The third-order valence-corrected chi connectivity index (χ3v) is 4.65. The topological polar surface area (TPSA) is 30.3 Å². The molecular weight excluding hydrogens is 346 g/mol. The Morgan fingerprint density at radius 3 is 2.35 bits per heavy atom. The predicted molar refractivity (Wildman–Crippen MR) is 107 cm³/mol. The van der Waals surface area contributed by atoms with Gasteiger partial charge in [0, 0.05) is 17.8 Å². The highest BCUT2D eigenvalue weighted by Crippen LogP contribution is 2.30. The molecule has 1 aromatic heterocycles. The van der Waals surface area contributed by atoms with Crippen LogP contribution in [0.4, 0.5) is 0 Å². The first-order chi connectivity index (χ1) is 12.7. The smallest absolute Gasteiger partial charge is 0.241 e. The van der Waals surface area contributed by atoms with Gasteiger partial charge in [-0.15, -0.1) is 5.10 Å². The third-order valence-electron chi connectivity index (χ3n) is 4.40. The Morgan fingerprint density at radius 2 is 1.69 bits per heavy atom. The van der Waals surface area contributed by atoms with E-state index in [1.54, 1.807) is 0 Å². The fourth-order valence-electron chi connectivity index (χ4n) is 2.82. The van der Waals surface area contributed by atoms with Gasteiger partial charge in [-0.2, -0.15) is 0 Å². The van der Waals surface area contributed by atoms with Gasteiger partial charge < -0.3 is 9.64 Å². The molecule has 3 rings (SSSR count). The number of hydrogen-bond donors (Lipinski definition) is 0. The van der Waals surface area contributed by atoms with Crippen LogP contribution in [0.15, 0.2) is 60.8 Å². The molecule has 2 aromatic carbocycles. The molecule has 0 aliphatic heterocycles. The van der Waals surface area contributed by atoms with E-state index in [9.17, 15) is 0 Å². The number of benzene rings is 2. The van der Waals surface area contributed by atoms with Crippen LogP contribution in [-0.4, -0.2) is 40.9 Å².